The molecule has 15 aromatic rings. The quantitative estimate of drug-likeness (QED) is 0.100. The maximum Gasteiger partial charge on any atom is 0.0541 e. The minimum absolute atomic E-state index is 1.08. The minimum Gasteiger partial charge on any atom is -0.310 e. The predicted octanol–water partition coefficient (Wildman–Crippen LogP) is 21.1. The summed E-state index contributed by atoms with van der Waals surface area (Å²) in [5.41, 5.74) is 18.3. The van der Waals surface area contributed by atoms with Crippen LogP contribution in [0.2, 0.25) is 0 Å². The van der Waals surface area contributed by atoms with E-state index in [4.69, 9.17) is 0 Å². The molecule has 0 N–H and O–H groups in total. The van der Waals surface area contributed by atoms with Crippen LogP contribution in [0, 0.1) is 3.57 Å². The zero-order valence-electron chi connectivity index (χ0n) is 43.0. The number of nitrogens with zero attached hydrogens (tertiary/aromatic N) is 4. The molecule has 0 fully saturated rings. The fourth-order valence-electron chi connectivity index (χ4n) is 12.3. The van der Waals surface area contributed by atoms with Gasteiger partial charge in [-0.25, -0.2) is 0 Å². The molecule has 0 saturated carbocycles. The number of halogens is 1. The largest absolute Gasteiger partial charge is 0.310 e. The number of fused-ring (bicyclic) bond motifs is 8. The smallest absolute Gasteiger partial charge is 0.0541 e. The first-order valence-electron chi connectivity index (χ1n) is 26.9. The Hall–Kier alpha value is -9.69. The lowest BCUT2D eigenvalue weighted by Gasteiger charge is -2.27. The van der Waals surface area contributed by atoms with Crippen LogP contribution in [-0.4, -0.2) is 9.13 Å². The van der Waals surface area contributed by atoms with Gasteiger partial charge in [-0.2, -0.15) is 0 Å². The second kappa shape index (κ2) is 19.4. The molecule has 0 amide bonds. The predicted molar refractivity (Wildman–Crippen MR) is 343 cm³/mol. The van der Waals surface area contributed by atoms with E-state index in [0.29, 0.717) is 0 Å². The Kier molecular flexibility index (Phi) is 11.4. The maximum atomic E-state index is 2.48. The lowest BCUT2D eigenvalue weighted by Crippen LogP contribution is -2.10. The van der Waals surface area contributed by atoms with Crippen LogP contribution < -0.4 is 9.80 Å². The van der Waals surface area contributed by atoms with E-state index < -0.39 is 0 Å². The van der Waals surface area contributed by atoms with Crippen LogP contribution >= 0.6 is 22.6 Å². The summed E-state index contributed by atoms with van der Waals surface area (Å²) in [6.45, 7) is 0. The molecule has 0 spiro atoms. The van der Waals surface area contributed by atoms with Gasteiger partial charge in [0.15, 0.2) is 0 Å². The Morgan fingerprint density at radius 3 is 0.949 bits per heavy atom. The molecule has 0 radical (unpaired) electrons. The van der Waals surface area contributed by atoms with Crippen LogP contribution in [0.3, 0.4) is 0 Å². The van der Waals surface area contributed by atoms with Crippen molar-refractivity contribution >= 4 is 122 Å². The minimum atomic E-state index is 1.08. The van der Waals surface area contributed by atoms with Gasteiger partial charge >= 0.3 is 0 Å². The molecule has 0 aliphatic heterocycles. The van der Waals surface area contributed by atoms with E-state index in [-0.39, 0.29) is 0 Å². The number of para-hydroxylation sites is 6. The second-order valence-electron chi connectivity index (χ2n) is 20.2. The highest BCUT2D eigenvalue weighted by Crippen LogP contribution is 2.48. The summed E-state index contributed by atoms with van der Waals surface area (Å²) < 4.78 is 5.95. The number of aromatic nitrogens is 2. The third-order valence-electron chi connectivity index (χ3n) is 15.7. The van der Waals surface area contributed by atoms with Gasteiger partial charge in [0, 0.05) is 70.6 Å². The van der Waals surface area contributed by atoms with E-state index >= 15 is 0 Å². The van der Waals surface area contributed by atoms with Crippen LogP contribution in [0.15, 0.2) is 297 Å². The first-order chi connectivity index (χ1) is 39.1. The number of anilines is 6. The van der Waals surface area contributed by atoms with Crippen molar-refractivity contribution in [3.05, 3.63) is 301 Å². The van der Waals surface area contributed by atoms with Crippen LogP contribution in [0.5, 0.6) is 0 Å². The van der Waals surface area contributed by atoms with Gasteiger partial charge in [-0.3, -0.25) is 0 Å². The van der Waals surface area contributed by atoms with E-state index in [0.717, 1.165) is 56.6 Å². The van der Waals surface area contributed by atoms with Crippen molar-refractivity contribution in [3.63, 3.8) is 0 Å². The number of rotatable bonds is 10. The standard InChI is InChI=1S/C74H49IN4/c75-52-37-46-67-68(49-52)74(51-20-18-26-60(48-51)77(54-23-5-2-6-24-54)56-40-44-58(45-41-56)79-71-35-15-11-29-63(71)64-30-12-16-36-72(64)79)66-32-8-7-31-65(66)73(67)50-19-17-25-59(47-50)76(53-21-3-1-4-22-53)55-38-42-57(43-39-55)78-69-33-13-9-27-61(69)62-28-10-14-34-70(62)78/h1-49H. The van der Waals surface area contributed by atoms with E-state index in [9.17, 15) is 0 Å². The average molecular weight is 1120 g/mol. The summed E-state index contributed by atoms with van der Waals surface area (Å²) in [7, 11) is 0. The summed E-state index contributed by atoms with van der Waals surface area (Å²) in [6.07, 6.45) is 0. The van der Waals surface area contributed by atoms with Crippen molar-refractivity contribution in [1.82, 2.24) is 9.13 Å². The van der Waals surface area contributed by atoms with Crippen LogP contribution in [0.4, 0.5) is 34.1 Å². The third kappa shape index (κ3) is 7.96. The Morgan fingerprint density at radius 2 is 0.544 bits per heavy atom. The molecule has 0 aliphatic carbocycles. The van der Waals surface area contributed by atoms with E-state index in [1.165, 1.54) is 79.9 Å². The Balaban J connectivity index is 0.846. The molecule has 0 bridgehead atoms. The monoisotopic (exact) mass is 1120 g/mol. The molecular formula is C74H49IN4. The summed E-state index contributed by atoms with van der Waals surface area (Å²) >= 11 is 2.48. The highest BCUT2D eigenvalue weighted by molar-refractivity contribution is 14.1. The summed E-state index contributed by atoms with van der Waals surface area (Å²) in [5.74, 6) is 0. The van der Waals surface area contributed by atoms with E-state index in [1.807, 2.05) is 0 Å². The van der Waals surface area contributed by atoms with Gasteiger partial charge in [0.2, 0.25) is 0 Å². The van der Waals surface area contributed by atoms with Crippen molar-refractivity contribution in [2.24, 2.45) is 0 Å². The molecule has 0 aliphatic rings. The molecule has 5 heteroatoms. The van der Waals surface area contributed by atoms with E-state index in [2.05, 4.69) is 339 Å². The molecule has 79 heavy (non-hydrogen) atoms. The molecule has 0 unspecified atom stereocenters. The van der Waals surface area contributed by atoms with Crippen molar-refractivity contribution in [3.8, 4) is 33.6 Å². The first kappa shape index (κ1) is 46.6. The normalized spacial score (nSPS) is 11.6. The van der Waals surface area contributed by atoms with Gasteiger partial charge in [0.25, 0.3) is 0 Å². The lowest BCUT2D eigenvalue weighted by atomic mass is 9.85. The molecule has 2 heterocycles. The van der Waals surface area contributed by atoms with Gasteiger partial charge in [-0.15, -0.1) is 0 Å². The summed E-state index contributed by atoms with van der Waals surface area (Å²) in [5, 5.41) is 9.85. The zero-order chi connectivity index (χ0) is 52.4. The van der Waals surface area contributed by atoms with Crippen molar-refractivity contribution in [2.45, 2.75) is 0 Å². The molecule has 13 aromatic carbocycles. The molecule has 0 atom stereocenters. The van der Waals surface area contributed by atoms with Gasteiger partial charge in [-0.1, -0.05) is 164 Å². The highest BCUT2D eigenvalue weighted by Gasteiger charge is 2.22. The lowest BCUT2D eigenvalue weighted by molar-refractivity contribution is 1.17. The molecule has 372 valence electrons. The number of hydrogen-bond acceptors (Lipinski definition) is 2. The topological polar surface area (TPSA) is 16.3 Å². The molecular weight excluding hydrogens is 1070 g/mol. The zero-order valence-corrected chi connectivity index (χ0v) is 45.1. The number of benzene rings is 13. The Labute approximate surface area is 472 Å². The van der Waals surface area contributed by atoms with E-state index in [1.54, 1.807) is 0 Å². The van der Waals surface area contributed by atoms with Crippen LogP contribution in [0.1, 0.15) is 0 Å². The first-order valence-corrected chi connectivity index (χ1v) is 27.9. The van der Waals surface area contributed by atoms with Crippen LogP contribution in [-0.2, 0) is 0 Å². The highest BCUT2D eigenvalue weighted by atomic mass is 127. The van der Waals surface area contributed by atoms with Gasteiger partial charge in [0.05, 0.1) is 22.1 Å². The summed E-state index contributed by atoms with van der Waals surface area (Å²) in [4.78, 5) is 4.76. The fraction of sp³-hybridized carbons (Fsp3) is 0. The second-order valence-corrected chi connectivity index (χ2v) is 21.4. The SMILES string of the molecule is Ic1ccc2c(-c3cccc(N(c4ccccc4)c4ccc(-n5c6ccccc6c6ccccc65)cc4)c3)c3ccccc3c(-c3cccc(N(c4ccccc4)c4ccc(-n5c6ccccc6c6ccccc65)cc4)c3)c2c1. The Morgan fingerprint density at radius 1 is 0.228 bits per heavy atom. The van der Waals surface area contributed by atoms with Gasteiger partial charge in [-0.05, 0) is 200 Å². The Bertz CT molecular complexity index is 4680. The van der Waals surface area contributed by atoms with Crippen molar-refractivity contribution in [2.75, 3.05) is 9.80 Å². The van der Waals surface area contributed by atoms with Crippen molar-refractivity contribution < 1.29 is 0 Å². The molecule has 4 nitrogen and oxygen atoms in total. The number of hydrogen-bond donors (Lipinski definition) is 0. The third-order valence-corrected chi connectivity index (χ3v) is 16.4. The van der Waals surface area contributed by atoms with Crippen LogP contribution in [0.25, 0.3) is 98.8 Å². The average Bonchev–Trinajstić information content (AvgIpc) is 4.21. The fourth-order valence-corrected chi connectivity index (χ4v) is 12.8. The molecule has 2 aromatic heterocycles. The maximum absolute atomic E-state index is 2.48. The van der Waals surface area contributed by atoms with Gasteiger partial charge in [0.1, 0.15) is 0 Å². The van der Waals surface area contributed by atoms with Crippen molar-refractivity contribution in [1.29, 1.82) is 0 Å². The summed E-state index contributed by atoms with van der Waals surface area (Å²) in [6, 6.07) is 108. The molecule has 15 rings (SSSR count). The molecule has 0 saturated heterocycles. The van der Waals surface area contributed by atoms with Gasteiger partial charge < -0.3 is 18.9 Å².